The zero-order chi connectivity index (χ0) is 19.0. The smallest absolute Gasteiger partial charge is 0.168 e. The lowest BCUT2D eigenvalue weighted by Crippen LogP contribution is -2.03. The Kier molecular flexibility index (Phi) is 4.35. The van der Waals surface area contributed by atoms with Crippen LogP contribution in [-0.2, 0) is 12.8 Å². The number of aromatic nitrogens is 5. The van der Waals surface area contributed by atoms with Crippen molar-refractivity contribution in [2.75, 3.05) is 7.11 Å². The van der Waals surface area contributed by atoms with Crippen molar-refractivity contribution in [1.29, 1.82) is 0 Å². The molecule has 0 saturated heterocycles. The van der Waals surface area contributed by atoms with Crippen molar-refractivity contribution in [3.8, 4) is 16.9 Å². The molecule has 0 unspecified atom stereocenters. The van der Waals surface area contributed by atoms with Gasteiger partial charge in [-0.1, -0.05) is 6.07 Å². The first-order valence-corrected chi connectivity index (χ1v) is 8.75. The fraction of sp³-hybridized carbons (Fsp3) is 0.250. The fourth-order valence-corrected chi connectivity index (χ4v) is 3.54. The summed E-state index contributed by atoms with van der Waals surface area (Å²) < 4.78 is 21.5. The van der Waals surface area contributed by atoms with E-state index in [9.17, 15) is 4.39 Å². The highest BCUT2D eigenvalue weighted by molar-refractivity contribution is 5.80. The van der Waals surface area contributed by atoms with Gasteiger partial charge in [-0.3, -0.25) is 9.50 Å². The number of fused-ring (bicyclic) bond motifs is 1. The largest absolute Gasteiger partial charge is 0.496 e. The summed E-state index contributed by atoms with van der Waals surface area (Å²) in [5, 5.41) is 15.7. The first-order chi connectivity index (χ1) is 13.1. The summed E-state index contributed by atoms with van der Waals surface area (Å²) in [7, 11) is 1.56. The fourth-order valence-electron chi connectivity index (χ4n) is 3.54. The summed E-state index contributed by atoms with van der Waals surface area (Å²) in [5.74, 6) is 0.312. The number of benzene rings is 1. The Labute approximate surface area is 156 Å². The molecule has 3 aromatic heterocycles. The van der Waals surface area contributed by atoms with Gasteiger partial charge in [0.25, 0.3) is 0 Å². The molecule has 0 amide bonds. The van der Waals surface area contributed by atoms with E-state index in [-0.39, 0.29) is 5.82 Å². The van der Waals surface area contributed by atoms with E-state index < -0.39 is 0 Å². The normalized spacial score (nSPS) is 11.3. The van der Waals surface area contributed by atoms with Gasteiger partial charge in [-0.15, -0.1) is 10.2 Å². The molecular formula is C20H20FN5O. The molecule has 27 heavy (non-hydrogen) atoms. The topological polar surface area (TPSA) is 68.1 Å². The third kappa shape index (κ3) is 2.95. The lowest BCUT2D eigenvalue weighted by Gasteiger charge is -2.12. The number of ether oxygens (including phenoxy) is 1. The minimum absolute atomic E-state index is 0.254. The molecule has 0 radical (unpaired) electrons. The lowest BCUT2D eigenvalue weighted by atomic mass is 10.0. The summed E-state index contributed by atoms with van der Waals surface area (Å²) in [5.41, 5.74) is 6.26. The van der Waals surface area contributed by atoms with Gasteiger partial charge >= 0.3 is 0 Å². The summed E-state index contributed by atoms with van der Waals surface area (Å²) in [4.78, 5) is 0. The van der Waals surface area contributed by atoms with E-state index in [1.165, 1.54) is 6.07 Å². The molecule has 0 spiro atoms. The Morgan fingerprint density at radius 1 is 1.15 bits per heavy atom. The highest BCUT2D eigenvalue weighted by atomic mass is 19.1. The molecule has 0 bridgehead atoms. The van der Waals surface area contributed by atoms with Crippen LogP contribution in [0.15, 0.2) is 36.7 Å². The number of rotatable bonds is 5. The molecule has 1 N–H and O–H groups in total. The van der Waals surface area contributed by atoms with Crippen molar-refractivity contribution in [2.24, 2.45) is 0 Å². The highest BCUT2D eigenvalue weighted by Gasteiger charge is 2.16. The maximum absolute atomic E-state index is 14.2. The van der Waals surface area contributed by atoms with Gasteiger partial charge in [-0.2, -0.15) is 5.10 Å². The minimum Gasteiger partial charge on any atom is -0.496 e. The van der Waals surface area contributed by atoms with Crippen LogP contribution in [0.4, 0.5) is 4.39 Å². The Bertz CT molecular complexity index is 1100. The van der Waals surface area contributed by atoms with Gasteiger partial charge in [0, 0.05) is 28.1 Å². The number of halogens is 1. The number of nitrogens with zero attached hydrogens (tertiary/aromatic N) is 4. The zero-order valence-electron chi connectivity index (χ0n) is 15.5. The Balaban J connectivity index is 1.71. The van der Waals surface area contributed by atoms with E-state index in [2.05, 4.69) is 20.4 Å². The SMILES string of the molecule is COc1cccc(F)c1CCc1ccc(-c2c(C)n[nH]c2C)c2nncn12. The first-order valence-electron chi connectivity index (χ1n) is 8.75. The average molecular weight is 365 g/mol. The van der Waals surface area contributed by atoms with Crippen molar-refractivity contribution in [3.05, 3.63) is 65.1 Å². The third-order valence-electron chi connectivity index (χ3n) is 4.86. The Morgan fingerprint density at radius 3 is 2.74 bits per heavy atom. The van der Waals surface area contributed by atoms with Crippen LogP contribution in [0.3, 0.4) is 0 Å². The zero-order valence-corrected chi connectivity index (χ0v) is 15.5. The van der Waals surface area contributed by atoms with E-state index in [1.807, 2.05) is 30.4 Å². The van der Waals surface area contributed by atoms with E-state index in [4.69, 9.17) is 4.74 Å². The maximum Gasteiger partial charge on any atom is 0.168 e. The number of hydrogen-bond donors (Lipinski definition) is 1. The van der Waals surface area contributed by atoms with Crippen LogP contribution in [0.2, 0.25) is 0 Å². The summed E-state index contributed by atoms with van der Waals surface area (Å²) in [6.45, 7) is 3.95. The van der Waals surface area contributed by atoms with Crippen LogP contribution in [-0.4, -0.2) is 31.9 Å². The van der Waals surface area contributed by atoms with Crippen molar-refractivity contribution in [3.63, 3.8) is 0 Å². The van der Waals surface area contributed by atoms with E-state index in [1.54, 1.807) is 25.6 Å². The molecule has 3 heterocycles. The van der Waals surface area contributed by atoms with Crippen LogP contribution >= 0.6 is 0 Å². The third-order valence-corrected chi connectivity index (χ3v) is 4.86. The number of aryl methyl sites for hydroxylation is 3. The standard InChI is InChI=1S/C20H20FN5O/c1-12-19(13(2)24-23-12)16-10-8-14(26-11-22-25-20(16)26)7-9-15-17(21)5-4-6-18(15)27-3/h4-6,8,10-11H,7,9H2,1-3H3,(H,23,24). The van der Waals surface area contributed by atoms with Crippen molar-refractivity contribution >= 4 is 5.65 Å². The van der Waals surface area contributed by atoms with Gasteiger partial charge in [0.1, 0.15) is 17.9 Å². The molecular weight excluding hydrogens is 345 g/mol. The number of H-pyrrole nitrogens is 1. The van der Waals surface area contributed by atoms with Crippen molar-refractivity contribution in [2.45, 2.75) is 26.7 Å². The summed E-state index contributed by atoms with van der Waals surface area (Å²) in [6, 6.07) is 8.95. The van der Waals surface area contributed by atoms with E-state index in [0.29, 0.717) is 24.2 Å². The Hall–Kier alpha value is -3.22. The van der Waals surface area contributed by atoms with Gasteiger partial charge in [-0.05, 0) is 51.0 Å². The van der Waals surface area contributed by atoms with Gasteiger partial charge < -0.3 is 4.74 Å². The Morgan fingerprint density at radius 2 is 2.00 bits per heavy atom. The number of nitrogens with one attached hydrogen (secondary N) is 1. The number of aromatic amines is 1. The number of methoxy groups -OCH3 is 1. The molecule has 4 rings (SSSR count). The predicted octanol–water partition coefficient (Wildman–Crippen LogP) is 3.67. The van der Waals surface area contributed by atoms with Crippen LogP contribution in [0.25, 0.3) is 16.8 Å². The molecule has 1 aromatic carbocycles. The van der Waals surface area contributed by atoms with Gasteiger partial charge in [0.05, 0.1) is 12.8 Å². The summed E-state index contributed by atoms with van der Waals surface area (Å²) in [6.07, 6.45) is 2.85. The minimum atomic E-state index is -0.254. The summed E-state index contributed by atoms with van der Waals surface area (Å²) >= 11 is 0. The molecule has 0 aliphatic rings. The molecule has 0 saturated carbocycles. The molecule has 6 nitrogen and oxygen atoms in total. The monoisotopic (exact) mass is 365 g/mol. The van der Waals surface area contributed by atoms with E-state index >= 15 is 0 Å². The maximum atomic E-state index is 14.2. The molecule has 0 aliphatic carbocycles. The molecule has 0 atom stereocenters. The molecule has 138 valence electrons. The van der Waals surface area contributed by atoms with Gasteiger partial charge in [0.15, 0.2) is 5.65 Å². The van der Waals surface area contributed by atoms with Crippen LogP contribution in [0.5, 0.6) is 5.75 Å². The van der Waals surface area contributed by atoms with Crippen molar-refractivity contribution < 1.29 is 9.13 Å². The molecule has 0 aliphatic heterocycles. The molecule has 4 aromatic rings. The second-order valence-corrected chi connectivity index (χ2v) is 6.49. The second kappa shape index (κ2) is 6.83. The van der Waals surface area contributed by atoms with Crippen LogP contribution < -0.4 is 4.74 Å². The quantitative estimate of drug-likeness (QED) is 0.586. The van der Waals surface area contributed by atoms with Crippen molar-refractivity contribution in [1.82, 2.24) is 24.8 Å². The molecule has 0 fully saturated rings. The second-order valence-electron chi connectivity index (χ2n) is 6.49. The van der Waals surface area contributed by atoms with Gasteiger partial charge in [0.2, 0.25) is 0 Å². The van der Waals surface area contributed by atoms with E-state index in [0.717, 1.165) is 33.9 Å². The number of pyridine rings is 1. The highest BCUT2D eigenvalue weighted by Crippen LogP contribution is 2.30. The number of hydrogen-bond acceptors (Lipinski definition) is 4. The van der Waals surface area contributed by atoms with Crippen LogP contribution in [0, 0.1) is 19.7 Å². The lowest BCUT2D eigenvalue weighted by molar-refractivity contribution is 0.404. The molecule has 7 heteroatoms. The predicted molar refractivity (Wildman–Crippen MR) is 100 cm³/mol. The van der Waals surface area contributed by atoms with Crippen LogP contribution in [0.1, 0.15) is 22.6 Å². The average Bonchev–Trinajstić information content (AvgIpc) is 3.28. The van der Waals surface area contributed by atoms with Gasteiger partial charge in [-0.25, -0.2) is 4.39 Å². The first kappa shape index (κ1) is 17.2.